The average molecular weight is 288 g/mol. The highest BCUT2D eigenvalue weighted by atomic mass is 15.4. The summed E-state index contributed by atoms with van der Waals surface area (Å²) in [5.41, 5.74) is 6.49. The third-order valence-electron chi connectivity index (χ3n) is 3.84. The number of rotatable bonds is 2. The van der Waals surface area contributed by atoms with Gasteiger partial charge in [-0.3, -0.25) is 0 Å². The summed E-state index contributed by atoms with van der Waals surface area (Å²) in [5.74, 6) is 0. The zero-order chi connectivity index (χ0) is 15.7. The predicted octanol–water partition coefficient (Wildman–Crippen LogP) is 3.73. The van der Waals surface area contributed by atoms with E-state index in [-0.39, 0.29) is 0 Å². The van der Waals surface area contributed by atoms with Crippen molar-refractivity contribution in [2.24, 2.45) is 0 Å². The molecule has 108 valence electrons. The van der Waals surface area contributed by atoms with Crippen LogP contribution in [0.4, 0.5) is 0 Å². The molecule has 1 aromatic heterocycles. The summed E-state index contributed by atoms with van der Waals surface area (Å²) >= 11 is 0. The monoisotopic (exact) mass is 288 g/mol. The maximum atomic E-state index is 9.33. The lowest BCUT2D eigenvalue weighted by molar-refractivity contribution is 0.805. The van der Waals surface area contributed by atoms with Crippen molar-refractivity contribution in [2.75, 3.05) is 0 Å². The van der Waals surface area contributed by atoms with Crippen LogP contribution in [-0.2, 0) is 0 Å². The second-order valence-electron chi connectivity index (χ2n) is 5.44. The summed E-state index contributed by atoms with van der Waals surface area (Å²) in [6.07, 6.45) is 0. The standard InChI is InChI=1S/C18H16N4/c1-12-4-7-15(8-5-12)18-17(11-19)20-21-22(18)16-9-6-13(2)14(3)10-16/h4-10H,1-3H3. The third kappa shape index (κ3) is 2.38. The number of hydrogen-bond acceptors (Lipinski definition) is 3. The van der Waals surface area contributed by atoms with E-state index in [2.05, 4.69) is 42.4 Å². The molecule has 2 aromatic carbocycles. The first-order valence-electron chi connectivity index (χ1n) is 7.10. The van der Waals surface area contributed by atoms with Gasteiger partial charge in [-0.15, -0.1) is 5.10 Å². The Kier molecular flexibility index (Phi) is 3.48. The lowest BCUT2D eigenvalue weighted by atomic mass is 10.1. The second kappa shape index (κ2) is 5.45. The van der Waals surface area contributed by atoms with Crippen molar-refractivity contribution in [2.45, 2.75) is 20.8 Å². The van der Waals surface area contributed by atoms with Gasteiger partial charge in [0.15, 0.2) is 5.69 Å². The molecule has 0 saturated heterocycles. The molecule has 0 amide bonds. The van der Waals surface area contributed by atoms with Crippen molar-refractivity contribution >= 4 is 0 Å². The lowest BCUT2D eigenvalue weighted by Crippen LogP contribution is -2.00. The van der Waals surface area contributed by atoms with E-state index >= 15 is 0 Å². The van der Waals surface area contributed by atoms with Crippen molar-refractivity contribution in [3.63, 3.8) is 0 Å². The second-order valence-corrected chi connectivity index (χ2v) is 5.44. The Morgan fingerprint density at radius 2 is 1.68 bits per heavy atom. The van der Waals surface area contributed by atoms with Gasteiger partial charge in [0.1, 0.15) is 11.8 Å². The number of benzene rings is 2. The molecule has 0 N–H and O–H groups in total. The summed E-state index contributed by atoms with van der Waals surface area (Å²) in [6.45, 7) is 6.17. The Labute approximate surface area is 129 Å². The summed E-state index contributed by atoms with van der Waals surface area (Å²) in [5, 5.41) is 17.5. The average Bonchev–Trinajstić information content (AvgIpc) is 2.95. The van der Waals surface area contributed by atoms with Crippen LogP contribution in [-0.4, -0.2) is 15.0 Å². The van der Waals surface area contributed by atoms with E-state index in [1.54, 1.807) is 4.68 Å². The van der Waals surface area contributed by atoms with E-state index in [0.29, 0.717) is 5.69 Å². The van der Waals surface area contributed by atoms with E-state index in [0.717, 1.165) is 16.9 Å². The number of nitrogens with zero attached hydrogens (tertiary/aromatic N) is 4. The SMILES string of the molecule is Cc1ccc(-c2c(C#N)nnn2-c2ccc(C)c(C)c2)cc1. The summed E-state index contributed by atoms with van der Waals surface area (Å²) in [6, 6.07) is 16.3. The Hall–Kier alpha value is -2.93. The molecule has 22 heavy (non-hydrogen) atoms. The lowest BCUT2D eigenvalue weighted by Gasteiger charge is -2.09. The first kappa shape index (κ1) is 14.0. The Bertz CT molecular complexity index is 867. The fourth-order valence-corrected chi connectivity index (χ4v) is 2.37. The molecule has 3 aromatic rings. The summed E-state index contributed by atoms with van der Waals surface area (Å²) in [7, 11) is 0. The first-order valence-corrected chi connectivity index (χ1v) is 7.10. The van der Waals surface area contributed by atoms with Crippen molar-refractivity contribution in [1.29, 1.82) is 5.26 Å². The van der Waals surface area contributed by atoms with E-state index in [9.17, 15) is 5.26 Å². The van der Waals surface area contributed by atoms with Crippen molar-refractivity contribution in [1.82, 2.24) is 15.0 Å². The summed E-state index contributed by atoms with van der Waals surface area (Å²) < 4.78 is 1.73. The van der Waals surface area contributed by atoms with Gasteiger partial charge in [0, 0.05) is 5.56 Å². The zero-order valence-electron chi connectivity index (χ0n) is 12.8. The van der Waals surface area contributed by atoms with Crippen molar-refractivity contribution in [3.8, 4) is 23.0 Å². The Morgan fingerprint density at radius 1 is 0.955 bits per heavy atom. The molecule has 0 atom stereocenters. The van der Waals surface area contributed by atoms with Crippen LogP contribution in [0.3, 0.4) is 0 Å². The van der Waals surface area contributed by atoms with E-state index in [1.165, 1.54) is 16.7 Å². The van der Waals surface area contributed by atoms with E-state index < -0.39 is 0 Å². The van der Waals surface area contributed by atoms with Gasteiger partial charge in [0.25, 0.3) is 0 Å². The van der Waals surface area contributed by atoms with Gasteiger partial charge >= 0.3 is 0 Å². The fraction of sp³-hybridized carbons (Fsp3) is 0.167. The predicted molar refractivity (Wildman–Crippen MR) is 85.7 cm³/mol. The van der Waals surface area contributed by atoms with Gasteiger partial charge < -0.3 is 0 Å². The highest BCUT2D eigenvalue weighted by Crippen LogP contribution is 2.26. The number of nitriles is 1. The van der Waals surface area contributed by atoms with Crippen LogP contribution in [0.25, 0.3) is 16.9 Å². The molecular weight excluding hydrogens is 272 g/mol. The van der Waals surface area contributed by atoms with Crippen LogP contribution in [0, 0.1) is 32.1 Å². The molecule has 0 aliphatic heterocycles. The van der Waals surface area contributed by atoms with Crippen molar-refractivity contribution in [3.05, 3.63) is 64.8 Å². The largest absolute Gasteiger partial charge is 0.211 e. The Morgan fingerprint density at radius 3 is 2.32 bits per heavy atom. The topological polar surface area (TPSA) is 54.5 Å². The van der Waals surface area contributed by atoms with Gasteiger partial charge in [-0.1, -0.05) is 41.1 Å². The molecule has 3 rings (SSSR count). The molecule has 0 aliphatic rings. The van der Waals surface area contributed by atoms with Crippen LogP contribution < -0.4 is 0 Å². The highest BCUT2D eigenvalue weighted by Gasteiger charge is 2.16. The third-order valence-corrected chi connectivity index (χ3v) is 3.84. The van der Waals surface area contributed by atoms with Gasteiger partial charge in [0.05, 0.1) is 5.69 Å². The highest BCUT2D eigenvalue weighted by molar-refractivity contribution is 5.67. The molecule has 0 bridgehead atoms. The van der Waals surface area contributed by atoms with Crippen LogP contribution in [0.15, 0.2) is 42.5 Å². The quantitative estimate of drug-likeness (QED) is 0.722. The normalized spacial score (nSPS) is 10.5. The first-order chi connectivity index (χ1) is 10.6. The number of aromatic nitrogens is 3. The maximum Gasteiger partial charge on any atom is 0.191 e. The minimum Gasteiger partial charge on any atom is -0.211 e. The van der Waals surface area contributed by atoms with Gasteiger partial charge in [-0.2, -0.15) is 5.26 Å². The maximum absolute atomic E-state index is 9.33. The van der Waals surface area contributed by atoms with Gasteiger partial charge in [-0.25, -0.2) is 4.68 Å². The fourth-order valence-electron chi connectivity index (χ4n) is 2.37. The molecule has 0 saturated carbocycles. The molecule has 0 radical (unpaired) electrons. The number of hydrogen-bond donors (Lipinski definition) is 0. The number of aryl methyl sites for hydroxylation is 3. The Balaban J connectivity index is 2.21. The van der Waals surface area contributed by atoms with Crippen LogP contribution >= 0.6 is 0 Å². The van der Waals surface area contributed by atoms with Crippen LogP contribution in [0.5, 0.6) is 0 Å². The minimum atomic E-state index is 0.335. The van der Waals surface area contributed by atoms with E-state index in [4.69, 9.17) is 0 Å². The molecule has 4 heteroatoms. The van der Waals surface area contributed by atoms with Crippen LogP contribution in [0.1, 0.15) is 22.4 Å². The minimum absolute atomic E-state index is 0.335. The molecule has 0 fully saturated rings. The summed E-state index contributed by atoms with van der Waals surface area (Å²) in [4.78, 5) is 0. The molecule has 0 aliphatic carbocycles. The molecule has 0 unspecified atom stereocenters. The molecular formula is C18H16N4. The van der Waals surface area contributed by atoms with Crippen molar-refractivity contribution < 1.29 is 0 Å². The van der Waals surface area contributed by atoms with E-state index in [1.807, 2.05) is 37.3 Å². The zero-order valence-corrected chi connectivity index (χ0v) is 12.8. The smallest absolute Gasteiger partial charge is 0.191 e. The van der Waals surface area contributed by atoms with Gasteiger partial charge in [-0.05, 0) is 44.0 Å². The van der Waals surface area contributed by atoms with Crippen LogP contribution in [0.2, 0.25) is 0 Å². The molecule has 1 heterocycles. The molecule has 0 spiro atoms. The molecule has 4 nitrogen and oxygen atoms in total. The van der Waals surface area contributed by atoms with Gasteiger partial charge in [0.2, 0.25) is 0 Å².